The molecule has 8 nitrogen and oxygen atoms in total. The number of hydrogen-bond donors (Lipinski definition) is 3. The van der Waals surface area contributed by atoms with Gasteiger partial charge in [-0.1, -0.05) is 41.9 Å². The zero-order chi connectivity index (χ0) is 17.4. The lowest BCUT2D eigenvalue weighted by molar-refractivity contribution is -0.150. The lowest BCUT2D eigenvalue weighted by Crippen LogP contribution is -2.70. The first-order valence-electron chi connectivity index (χ1n) is 7.09. The summed E-state index contributed by atoms with van der Waals surface area (Å²) in [6.07, 6.45) is 0. The van der Waals surface area contributed by atoms with Crippen LogP contribution in [0.5, 0.6) is 0 Å². The van der Waals surface area contributed by atoms with Crippen LogP contribution in [0, 0.1) is 0 Å². The van der Waals surface area contributed by atoms with Crippen LogP contribution in [0.25, 0.3) is 0 Å². The van der Waals surface area contributed by atoms with E-state index in [4.69, 9.17) is 17.3 Å². The predicted octanol–water partition coefficient (Wildman–Crippen LogP) is -0.203. The minimum Gasteiger partial charge on any atom is -0.477 e. The Labute approximate surface area is 152 Å². The number of carboxylic acids is 1. The lowest BCUT2D eigenvalue weighted by atomic mass is 10.0. The first kappa shape index (κ1) is 19.3. The number of β-lactam (4-membered cyclic amide) rings is 1. The van der Waals surface area contributed by atoms with Crippen LogP contribution in [0.1, 0.15) is 11.6 Å². The Kier molecular flexibility index (Phi) is 5.73. The SMILES string of the molecule is N[C@H](C(=O)N[C@@H]1C(=O)N2C(C(=O)O)=C(Cl)CS[C@@H]12)c1ccccc1.O. The zero-order valence-electron chi connectivity index (χ0n) is 12.8. The first-order valence-corrected chi connectivity index (χ1v) is 8.52. The molecule has 10 heteroatoms. The highest BCUT2D eigenvalue weighted by Crippen LogP contribution is 2.41. The van der Waals surface area contributed by atoms with E-state index in [2.05, 4.69) is 5.32 Å². The Morgan fingerprint density at radius 1 is 1.36 bits per heavy atom. The molecule has 2 aliphatic rings. The molecule has 0 aromatic heterocycles. The molecule has 0 bridgehead atoms. The molecule has 3 atom stereocenters. The monoisotopic (exact) mass is 385 g/mol. The number of amides is 2. The average Bonchev–Trinajstić information content (AvgIpc) is 2.59. The van der Waals surface area contributed by atoms with Gasteiger partial charge in [0.1, 0.15) is 23.2 Å². The molecule has 2 heterocycles. The van der Waals surface area contributed by atoms with Crippen molar-refractivity contribution in [1.29, 1.82) is 0 Å². The van der Waals surface area contributed by atoms with Crippen molar-refractivity contribution in [3.63, 3.8) is 0 Å². The summed E-state index contributed by atoms with van der Waals surface area (Å²) in [6, 6.07) is 7.07. The fourth-order valence-electron chi connectivity index (χ4n) is 2.64. The number of nitrogens with two attached hydrogens (primary N) is 1. The topological polar surface area (TPSA) is 144 Å². The van der Waals surface area contributed by atoms with Gasteiger partial charge < -0.3 is 21.6 Å². The van der Waals surface area contributed by atoms with Gasteiger partial charge in [-0.05, 0) is 5.56 Å². The van der Waals surface area contributed by atoms with Crippen molar-refractivity contribution in [1.82, 2.24) is 10.2 Å². The molecule has 0 unspecified atom stereocenters. The molecule has 0 radical (unpaired) electrons. The summed E-state index contributed by atoms with van der Waals surface area (Å²) in [5.74, 6) is -1.98. The Bertz CT molecular complexity index is 742. The van der Waals surface area contributed by atoms with Crippen molar-refractivity contribution in [2.24, 2.45) is 5.73 Å². The van der Waals surface area contributed by atoms with E-state index in [0.717, 1.165) is 4.90 Å². The number of nitrogens with one attached hydrogen (secondary N) is 1. The van der Waals surface area contributed by atoms with Gasteiger partial charge in [-0.3, -0.25) is 14.5 Å². The summed E-state index contributed by atoms with van der Waals surface area (Å²) in [6.45, 7) is 0. The molecule has 134 valence electrons. The molecule has 0 saturated carbocycles. The van der Waals surface area contributed by atoms with E-state index in [9.17, 15) is 19.5 Å². The van der Waals surface area contributed by atoms with Crippen LogP contribution in [-0.2, 0) is 14.4 Å². The number of benzene rings is 1. The maximum Gasteiger partial charge on any atom is 0.353 e. The molecular weight excluding hydrogens is 370 g/mol. The molecule has 0 spiro atoms. The van der Waals surface area contributed by atoms with Gasteiger partial charge in [0.25, 0.3) is 5.91 Å². The highest BCUT2D eigenvalue weighted by atomic mass is 35.5. The summed E-state index contributed by atoms with van der Waals surface area (Å²) in [7, 11) is 0. The Morgan fingerprint density at radius 2 is 2.00 bits per heavy atom. The molecule has 1 aromatic rings. The van der Waals surface area contributed by atoms with Crippen molar-refractivity contribution >= 4 is 41.1 Å². The van der Waals surface area contributed by atoms with E-state index in [1.807, 2.05) is 6.07 Å². The van der Waals surface area contributed by atoms with Gasteiger partial charge in [-0.2, -0.15) is 0 Å². The van der Waals surface area contributed by atoms with Crippen molar-refractivity contribution in [2.45, 2.75) is 17.5 Å². The van der Waals surface area contributed by atoms with Gasteiger partial charge in [0.2, 0.25) is 5.91 Å². The largest absolute Gasteiger partial charge is 0.477 e. The van der Waals surface area contributed by atoms with Crippen LogP contribution in [-0.4, -0.2) is 50.4 Å². The number of aliphatic carboxylic acids is 1. The second-order valence-electron chi connectivity index (χ2n) is 5.34. The summed E-state index contributed by atoms with van der Waals surface area (Å²) < 4.78 is 0. The number of carboxylic acid groups (broad SMARTS) is 1. The van der Waals surface area contributed by atoms with Crippen molar-refractivity contribution in [3.8, 4) is 0 Å². The number of fused-ring (bicyclic) bond motifs is 1. The van der Waals surface area contributed by atoms with Crippen LogP contribution in [0.4, 0.5) is 0 Å². The van der Waals surface area contributed by atoms with E-state index in [0.29, 0.717) is 5.56 Å². The smallest absolute Gasteiger partial charge is 0.353 e. The Morgan fingerprint density at radius 3 is 2.60 bits per heavy atom. The summed E-state index contributed by atoms with van der Waals surface area (Å²) >= 11 is 7.20. The van der Waals surface area contributed by atoms with E-state index in [1.165, 1.54) is 11.8 Å². The standard InChI is InChI=1S/C15H14ClN3O4S.H2O/c16-8-6-24-14-10(13(21)19(14)11(8)15(22)23)18-12(20)9(17)7-4-2-1-3-5-7;/h1-5,9-10,14H,6,17H2,(H,18,20)(H,22,23);1H2/t9-,10+,14-;/m0./s1. The Balaban J connectivity index is 0.00000225. The van der Waals surface area contributed by atoms with Crippen LogP contribution < -0.4 is 11.1 Å². The maximum atomic E-state index is 12.3. The minimum atomic E-state index is -1.26. The van der Waals surface area contributed by atoms with Gasteiger partial charge in [-0.25, -0.2) is 4.79 Å². The third-order valence-electron chi connectivity index (χ3n) is 3.86. The van der Waals surface area contributed by atoms with E-state index in [-0.39, 0.29) is 22.0 Å². The van der Waals surface area contributed by atoms with E-state index in [1.54, 1.807) is 24.3 Å². The van der Waals surface area contributed by atoms with Gasteiger partial charge in [0, 0.05) is 5.75 Å². The third-order valence-corrected chi connectivity index (χ3v) is 5.61. The van der Waals surface area contributed by atoms with Crippen molar-refractivity contribution in [2.75, 3.05) is 5.75 Å². The van der Waals surface area contributed by atoms with Crippen molar-refractivity contribution < 1.29 is 25.0 Å². The molecule has 1 fully saturated rings. The number of thioether (sulfide) groups is 1. The lowest BCUT2D eigenvalue weighted by Gasteiger charge is -2.48. The second kappa shape index (κ2) is 7.44. The number of carbonyl (C=O) groups excluding carboxylic acids is 2. The molecule has 2 amide bonds. The molecule has 1 saturated heterocycles. The second-order valence-corrected chi connectivity index (χ2v) is 6.90. The fourth-order valence-corrected chi connectivity index (χ4v) is 4.19. The summed E-state index contributed by atoms with van der Waals surface area (Å²) in [5.41, 5.74) is 6.32. The molecule has 0 aliphatic carbocycles. The number of halogens is 1. The number of carbonyl (C=O) groups is 3. The van der Waals surface area contributed by atoms with Gasteiger partial charge in [0.15, 0.2) is 0 Å². The molecule has 3 rings (SSSR count). The average molecular weight is 386 g/mol. The highest BCUT2D eigenvalue weighted by molar-refractivity contribution is 8.00. The van der Waals surface area contributed by atoms with Crippen LogP contribution in [0.2, 0.25) is 0 Å². The van der Waals surface area contributed by atoms with Gasteiger partial charge in [0.05, 0.1) is 5.03 Å². The fraction of sp³-hybridized carbons (Fsp3) is 0.267. The van der Waals surface area contributed by atoms with Crippen LogP contribution in [0.3, 0.4) is 0 Å². The quantitative estimate of drug-likeness (QED) is 0.612. The molecule has 2 aliphatic heterocycles. The van der Waals surface area contributed by atoms with Gasteiger partial charge in [-0.15, -0.1) is 11.8 Å². The van der Waals surface area contributed by atoms with Crippen molar-refractivity contribution in [3.05, 3.63) is 46.6 Å². The third kappa shape index (κ3) is 3.36. The number of rotatable bonds is 4. The van der Waals surface area contributed by atoms with E-state index >= 15 is 0 Å². The first-order chi connectivity index (χ1) is 11.4. The highest BCUT2D eigenvalue weighted by Gasteiger charge is 2.54. The number of nitrogens with zero attached hydrogens (tertiary/aromatic N) is 1. The maximum absolute atomic E-state index is 12.3. The Hall–Kier alpha value is -2.07. The normalized spacial score (nSPS) is 23.1. The predicted molar refractivity (Wildman–Crippen MR) is 92.5 cm³/mol. The number of hydrogen-bond acceptors (Lipinski definition) is 5. The van der Waals surface area contributed by atoms with Crippen LogP contribution in [0.15, 0.2) is 41.1 Å². The van der Waals surface area contributed by atoms with E-state index < -0.39 is 35.2 Å². The summed E-state index contributed by atoms with van der Waals surface area (Å²) in [4.78, 5) is 36.9. The zero-order valence-corrected chi connectivity index (χ0v) is 14.4. The summed E-state index contributed by atoms with van der Waals surface area (Å²) in [5, 5.41) is 11.4. The molecule has 1 aromatic carbocycles. The minimum absolute atomic E-state index is 0. The molecule has 25 heavy (non-hydrogen) atoms. The molecular formula is C15H16ClN3O5S. The van der Waals surface area contributed by atoms with Crippen LogP contribution >= 0.6 is 23.4 Å². The molecule has 6 N–H and O–H groups in total. The van der Waals surface area contributed by atoms with Gasteiger partial charge >= 0.3 is 5.97 Å².